The molecule has 0 bridgehead atoms. The number of likely N-dealkylation sites (N-methyl/N-ethyl adjacent to an activating group) is 1. The molecular weight excluding hydrogens is 338 g/mol. The number of carbonyl (C=O) groups excluding carboxylic acids is 3. The standard InChI is InChI=1S/C23H21NO3/c1-22(2,3)14-9-10-15-18(13-14)23(12-11-19(15)25)17-8-6-5-7-16(17)20(26)24(4)21(23)27/h5-13H,1-4H3. The minimum absolute atomic E-state index is 0.124. The van der Waals surface area contributed by atoms with Crippen LogP contribution in [0.25, 0.3) is 0 Å². The summed E-state index contributed by atoms with van der Waals surface area (Å²) in [6, 6.07) is 12.9. The number of benzene rings is 2. The van der Waals surface area contributed by atoms with Crippen molar-refractivity contribution in [2.75, 3.05) is 7.05 Å². The van der Waals surface area contributed by atoms with Gasteiger partial charge in [-0.1, -0.05) is 63.2 Å². The molecule has 4 nitrogen and oxygen atoms in total. The molecule has 0 radical (unpaired) electrons. The maximum atomic E-state index is 13.4. The third-order valence-electron chi connectivity index (χ3n) is 5.59. The number of carbonyl (C=O) groups is 3. The quantitative estimate of drug-likeness (QED) is 0.675. The van der Waals surface area contributed by atoms with Gasteiger partial charge in [-0.3, -0.25) is 19.3 Å². The van der Waals surface area contributed by atoms with Gasteiger partial charge in [0.15, 0.2) is 5.78 Å². The molecule has 2 amide bonds. The molecular formula is C23H21NO3. The fourth-order valence-electron chi connectivity index (χ4n) is 4.02. The van der Waals surface area contributed by atoms with Gasteiger partial charge in [0.05, 0.1) is 0 Å². The molecule has 0 saturated carbocycles. The van der Waals surface area contributed by atoms with Crippen LogP contribution in [0.4, 0.5) is 0 Å². The number of amides is 2. The van der Waals surface area contributed by atoms with E-state index in [1.807, 2.05) is 24.3 Å². The molecule has 0 aromatic heterocycles. The Morgan fingerprint density at radius 3 is 2.30 bits per heavy atom. The van der Waals surface area contributed by atoms with E-state index in [0.717, 1.165) is 10.5 Å². The van der Waals surface area contributed by atoms with Crippen LogP contribution in [0.5, 0.6) is 0 Å². The van der Waals surface area contributed by atoms with Crippen LogP contribution in [0.1, 0.15) is 58.2 Å². The van der Waals surface area contributed by atoms with Crippen LogP contribution in [-0.2, 0) is 15.6 Å². The van der Waals surface area contributed by atoms with Gasteiger partial charge >= 0.3 is 0 Å². The highest BCUT2D eigenvalue weighted by Gasteiger charge is 2.52. The number of hydrogen-bond donors (Lipinski definition) is 0. The second-order valence-electron chi connectivity index (χ2n) is 8.23. The molecule has 0 saturated heterocycles. The molecule has 2 aliphatic rings. The molecule has 2 aromatic carbocycles. The van der Waals surface area contributed by atoms with E-state index >= 15 is 0 Å². The SMILES string of the molecule is CN1C(=O)c2ccccc2C2(C=CC(=O)c3ccc(C(C)(C)C)cc32)C1=O. The Labute approximate surface area is 158 Å². The maximum Gasteiger partial charge on any atom is 0.260 e. The smallest absolute Gasteiger partial charge is 0.260 e. The molecule has 0 N–H and O–H groups in total. The maximum absolute atomic E-state index is 13.4. The number of imide groups is 1. The average molecular weight is 359 g/mol. The predicted octanol–water partition coefficient (Wildman–Crippen LogP) is 3.63. The van der Waals surface area contributed by atoms with Crippen molar-refractivity contribution in [1.29, 1.82) is 0 Å². The monoisotopic (exact) mass is 359 g/mol. The summed E-state index contributed by atoms with van der Waals surface area (Å²) >= 11 is 0. The summed E-state index contributed by atoms with van der Waals surface area (Å²) in [7, 11) is 1.50. The summed E-state index contributed by atoms with van der Waals surface area (Å²) in [5.41, 5.74) is 2.02. The van der Waals surface area contributed by atoms with Crippen LogP contribution < -0.4 is 0 Å². The van der Waals surface area contributed by atoms with Crippen molar-refractivity contribution in [2.24, 2.45) is 0 Å². The third kappa shape index (κ3) is 2.26. The van der Waals surface area contributed by atoms with Crippen LogP contribution >= 0.6 is 0 Å². The fourth-order valence-corrected chi connectivity index (χ4v) is 4.02. The Morgan fingerprint density at radius 2 is 1.59 bits per heavy atom. The first-order chi connectivity index (χ1) is 12.7. The fraction of sp³-hybridized carbons (Fsp3) is 0.261. The largest absolute Gasteiger partial charge is 0.289 e. The molecule has 27 heavy (non-hydrogen) atoms. The van der Waals surface area contributed by atoms with Crippen molar-refractivity contribution in [3.63, 3.8) is 0 Å². The van der Waals surface area contributed by atoms with Crippen LogP contribution in [0.15, 0.2) is 54.6 Å². The van der Waals surface area contributed by atoms with Crippen LogP contribution in [-0.4, -0.2) is 29.5 Å². The summed E-state index contributed by atoms with van der Waals surface area (Å²) in [6.45, 7) is 6.27. The van der Waals surface area contributed by atoms with Gasteiger partial charge in [-0.15, -0.1) is 0 Å². The molecule has 2 aromatic rings. The van der Waals surface area contributed by atoms with Crippen molar-refractivity contribution in [2.45, 2.75) is 31.6 Å². The lowest BCUT2D eigenvalue weighted by Gasteiger charge is -2.41. The first kappa shape index (κ1) is 17.4. The second kappa shape index (κ2) is 5.49. The summed E-state index contributed by atoms with van der Waals surface area (Å²) < 4.78 is 0. The lowest BCUT2D eigenvalue weighted by molar-refractivity contribution is -0.131. The van der Waals surface area contributed by atoms with Crippen molar-refractivity contribution < 1.29 is 14.4 Å². The number of nitrogens with zero attached hydrogens (tertiary/aromatic N) is 1. The molecule has 4 rings (SSSR count). The molecule has 0 fully saturated rings. The van der Waals surface area contributed by atoms with Crippen LogP contribution in [0.3, 0.4) is 0 Å². The van der Waals surface area contributed by atoms with Gasteiger partial charge in [0.2, 0.25) is 5.91 Å². The summed E-state index contributed by atoms with van der Waals surface area (Å²) in [5.74, 6) is -0.775. The lowest BCUT2D eigenvalue weighted by atomic mass is 9.64. The molecule has 1 heterocycles. The van der Waals surface area contributed by atoms with E-state index in [4.69, 9.17) is 0 Å². The normalized spacial score (nSPS) is 21.5. The topological polar surface area (TPSA) is 54.5 Å². The minimum atomic E-state index is -1.16. The number of hydrogen-bond acceptors (Lipinski definition) is 3. The van der Waals surface area contributed by atoms with Gasteiger partial charge in [0.1, 0.15) is 5.41 Å². The van der Waals surface area contributed by atoms with E-state index in [1.165, 1.54) is 13.1 Å². The highest BCUT2D eigenvalue weighted by molar-refractivity contribution is 6.19. The molecule has 1 atom stereocenters. The number of rotatable bonds is 0. The van der Waals surface area contributed by atoms with E-state index in [1.54, 1.807) is 24.3 Å². The average Bonchev–Trinajstić information content (AvgIpc) is 2.65. The van der Waals surface area contributed by atoms with Gasteiger partial charge in [0, 0.05) is 18.2 Å². The summed E-state index contributed by atoms with van der Waals surface area (Å²) in [4.78, 5) is 39.8. The number of ketones is 1. The minimum Gasteiger partial charge on any atom is -0.289 e. The first-order valence-electron chi connectivity index (χ1n) is 8.98. The summed E-state index contributed by atoms with van der Waals surface area (Å²) in [6.07, 6.45) is 3.12. The van der Waals surface area contributed by atoms with E-state index in [-0.39, 0.29) is 23.0 Å². The Morgan fingerprint density at radius 1 is 0.889 bits per heavy atom. The Hall–Kier alpha value is -3.01. The highest BCUT2D eigenvalue weighted by Crippen LogP contribution is 2.45. The van der Waals surface area contributed by atoms with Crippen molar-refractivity contribution in [3.8, 4) is 0 Å². The molecule has 136 valence electrons. The van der Waals surface area contributed by atoms with Gasteiger partial charge < -0.3 is 0 Å². The van der Waals surface area contributed by atoms with E-state index in [0.29, 0.717) is 22.3 Å². The van der Waals surface area contributed by atoms with Crippen molar-refractivity contribution >= 4 is 17.6 Å². The summed E-state index contributed by atoms with van der Waals surface area (Å²) in [5, 5.41) is 0. The van der Waals surface area contributed by atoms with Gasteiger partial charge in [-0.25, -0.2) is 0 Å². The molecule has 1 spiro atoms. The first-order valence-corrected chi connectivity index (χ1v) is 8.98. The molecule has 4 heteroatoms. The van der Waals surface area contributed by atoms with Gasteiger partial charge in [0.25, 0.3) is 5.91 Å². The van der Waals surface area contributed by atoms with Crippen molar-refractivity contribution in [3.05, 3.63) is 82.4 Å². The Bertz CT molecular complexity index is 1040. The van der Waals surface area contributed by atoms with Crippen LogP contribution in [0.2, 0.25) is 0 Å². The number of allylic oxidation sites excluding steroid dienone is 1. The zero-order valence-corrected chi connectivity index (χ0v) is 15.9. The zero-order chi connectivity index (χ0) is 19.6. The molecule has 1 unspecified atom stereocenters. The lowest BCUT2D eigenvalue weighted by Crippen LogP contribution is -2.53. The highest BCUT2D eigenvalue weighted by atomic mass is 16.2. The van der Waals surface area contributed by atoms with E-state index < -0.39 is 5.41 Å². The zero-order valence-electron chi connectivity index (χ0n) is 15.9. The third-order valence-corrected chi connectivity index (χ3v) is 5.59. The number of fused-ring (bicyclic) bond motifs is 4. The van der Waals surface area contributed by atoms with E-state index in [2.05, 4.69) is 20.8 Å². The van der Waals surface area contributed by atoms with E-state index in [9.17, 15) is 14.4 Å². The second-order valence-corrected chi connectivity index (χ2v) is 8.23. The van der Waals surface area contributed by atoms with Gasteiger partial charge in [-0.2, -0.15) is 0 Å². The molecule has 1 aliphatic carbocycles. The Kier molecular flexibility index (Phi) is 3.54. The van der Waals surface area contributed by atoms with Crippen molar-refractivity contribution in [1.82, 2.24) is 4.90 Å². The van der Waals surface area contributed by atoms with Crippen LogP contribution in [0, 0.1) is 0 Å². The van der Waals surface area contributed by atoms with Gasteiger partial charge in [-0.05, 0) is 34.2 Å². The molecule has 1 aliphatic heterocycles. The predicted molar refractivity (Wildman–Crippen MR) is 103 cm³/mol. The Balaban J connectivity index is 2.11.